The van der Waals surface area contributed by atoms with Gasteiger partial charge in [0.05, 0.1) is 38.5 Å². The third-order valence-electron chi connectivity index (χ3n) is 4.48. The van der Waals surface area contributed by atoms with Gasteiger partial charge >= 0.3 is 6.09 Å². The number of sulfonamides is 1. The van der Waals surface area contributed by atoms with Gasteiger partial charge in [-0.1, -0.05) is 30.3 Å². The van der Waals surface area contributed by atoms with Crippen LogP contribution >= 0.6 is 0 Å². The van der Waals surface area contributed by atoms with Crippen LogP contribution in [0.1, 0.15) is 5.56 Å². The molecule has 0 spiro atoms. The van der Waals surface area contributed by atoms with E-state index in [4.69, 9.17) is 4.74 Å². The number of carbonyl (C=O) groups excluding carboxylic acids is 2. The van der Waals surface area contributed by atoms with Crippen LogP contribution in [0.3, 0.4) is 0 Å². The monoisotopic (exact) mass is 368 g/mol. The Morgan fingerprint density at radius 2 is 1.80 bits per heavy atom. The number of rotatable bonds is 5. The first-order chi connectivity index (χ1) is 12.0. The summed E-state index contributed by atoms with van der Waals surface area (Å²) in [6, 6.07) is 9.09. The van der Waals surface area contributed by atoms with Crippen molar-refractivity contribution in [2.75, 3.05) is 45.9 Å². The highest BCUT2D eigenvalue weighted by Gasteiger charge is 2.34. The zero-order chi connectivity index (χ0) is 17.9. The predicted octanol–water partition coefficient (Wildman–Crippen LogP) is -1.30. The fraction of sp³-hybridized carbons (Fsp3) is 0.500. The van der Waals surface area contributed by atoms with Crippen molar-refractivity contribution >= 4 is 22.0 Å². The van der Waals surface area contributed by atoms with Crippen molar-refractivity contribution in [2.45, 2.75) is 5.75 Å². The second-order valence-corrected chi connectivity index (χ2v) is 8.20. The largest absolute Gasteiger partial charge is 0.447 e. The lowest BCUT2D eigenvalue weighted by atomic mass is 10.2. The highest BCUT2D eigenvalue weighted by atomic mass is 32.2. The van der Waals surface area contributed by atoms with Crippen molar-refractivity contribution in [1.29, 1.82) is 0 Å². The zero-order valence-corrected chi connectivity index (χ0v) is 14.7. The summed E-state index contributed by atoms with van der Waals surface area (Å²) in [6.45, 7) is 2.56. The highest BCUT2D eigenvalue weighted by molar-refractivity contribution is 7.88. The summed E-state index contributed by atoms with van der Waals surface area (Å²) >= 11 is 0. The van der Waals surface area contributed by atoms with Gasteiger partial charge in [-0.3, -0.25) is 4.79 Å². The summed E-state index contributed by atoms with van der Waals surface area (Å²) in [7, 11) is -3.36. The highest BCUT2D eigenvalue weighted by Crippen LogP contribution is 2.10. The van der Waals surface area contributed by atoms with Gasteiger partial charge in [0.15, 0.2) is 6.54 Å². The maximum atomic E-state index is 12.5. The Hall–Kier alpha value is -1.97. The number of nitrogens with zero attached hydrogens (tertiary/aromatic N) is 2. The molecular formula is C16H22N3O5S+. The molecule has 0 bridgehead atoms. The fourth-order valence-electron chi connectivity index (χ4n) is 3.06. The molecule has 2 saturated heterocycles. The molecule has 25 heavy (non-hydrogen) atoms. The smallest absolute Gasteiger partial charge is 0.416 e. The number of benzene rings is 1. The van der Waals surface area contributed by atoms with Gasteiger partial charge in [-0.25, -0.2) is 18.1 Å². The molecule has 0 unspecified atom stereocenters. The molecule has 3 rings (SSSR count). The van der Waals surface area contributed by atoms with E-state index >= 15 is 0 Å². The van der Waals surface area contributed by atoms with Gasteiger partial charge in [0.1, 0.15) is 6.61 Å². The van der Waals surface area contributed by atoms with E-state index < -0.39 is 16.1 Å². The predicted molar refractivity (Wildman–Crippen MR) is 89.3 cm³/mol. The summed E-state index contributed by atoms with van der Waals surface area (Å²) in [4.78, 5) is 25.6. The average molecular weight is 368 g/mol. The molecule has 0 aliphatic carbocycles. The quantitative estimate of drug-likeness (QED) is 0.698. The molecule has 2 amide bonds. The van der Waals surface area contributed by atoms with E-state index in [-0.39, 0.29) is 24.8 Å². The summed E-state index contributed by atoms with van der Waals surface area (Å²) in [5.74, 6) is -0.278. The summed E-state index contributed by atoms with van der Waals surface area (Å²) < 4.78 is 31.3. The van der Waals surface area contributed by atoms with Gasteiger partial charge in [0.25, 0.3) is 5.91 Å². The average Bonchev–Trinajstić information content (AvgIpc) is 3.02. The van der Waals surface area contributed by atoms with E-state index in [9.17, 15) is 18.0 Å². The van der Waals surface area contributed by atoms with E-state index in [0.717, 1.165) is 15.4 Å². The number of imide groups is 1. The SMILES string of the molecule is O=C(C[NH+]1CCN(S(=O)(=O)Cc2ccccc2)CC1)N1CCOC1=O. The first-order valence-corrected chi connectivity index (χ1v) is 9.89. The third-order valence-corrected chi connectivity index (χ3v) is 6.33. The van der Waals surface area contributed by atoms with Crippen LogP contribution in [0.4, 0.5) is 4.79 Å². The molecule has 0 atom stereocenters. The van der Waals surface area contributed by atoms with Crippen LogP contribution in [-0.2, 0) is 25.3 Å². The van der Waals surface area contributed by atoms with Gasteiger partial charge < -0.3 is 9.64 Å². The number of carbonyl (C=O) groups is 2. The van der Waals surface area contributed by atoms with Crippen molar-refractivity contribution in [3.8, 4) is 0 Å². The minimum absolute atomic E-state index is 0.0122. The Balaban J connectivity index is 1.51. The Morgan fingerprint density at radius 1 is 1.12 bits per heavy atom. The lowest BCUT2D eigenvalue weighted by molar-refractivity contribution is -0.895. The van der Waals surface area contributed by atoms with Crippen molar-refractivity contribution in [1.82, 2.24) is 9.21 Å². The number of cyclic esters (lactones) is 1. The van der Waals surface area contributed by atoms with E-state index in [2.05, 4.69) is 0 Å². The van der Waals surface area contributed by atoms with Crippen LogP contribution in [0.5, 0.6) is 0 Å². The lowest BCUT2D eigenvalue weighted by Crippen LogP contribution is -3.15. The van der Waals surface area contributed by atoms with Crippen molar-refractivity contribution in [3.05, 3.63) is 35.9 Å². The van der Waals surface area contributed by atoms with Crippen LogP contribution in [0, 0.1) is 0 Å². The Bertz CT molecular complexity index is 729. The summed E-state index contributed by atoms with van der Waals surface area (Å²) in [5.41, 5.74) is 0.764. The van der Waals surface area contributed by atoms with Crippen LogP contribution in [0.15, 0.2) is 30.3 Å². The molecule has 1 N–H and O–H groups in total. The number of nitrogens with one attached hydrogen (secondary N) is 1. The maximum absolute atomic E-state index is 12.5. The molecule has 1 aromatic rings. The van der Waals surface area contributed by atoms with Gasteiger partial charge in [-0.15, -0.1) is 0 Å². The standard InChI is InChI=1S/C16H21N3O5S/c20-15(19-10-11-24-16(19)21)12-17-6-8-18(9-7-17)25(22,23)13-14-4-2-1-3-5-14/h1-5H,6-13H2/p+1. The van der Waals surface area contributed by atoms with Gasteiger partial charge in [-0.05, 0) is 5.56 Å². The topological polar surface area (TPSA) is 88.4 Å². The third kappa shape index (κ3) is 4.36. The first-order valence-electron chi connectivity index (χ1n) is 8.28. The summed E-state index contributed by atoms with van der Waals surface area (Å²) in [6.07, 6.45) is -0.589. The Labute approximate surface area is 147 Å². The van der Waals surface area contributed by atoms with Crippen molar-refractivity contribution in [2.24, 2.45) is 0 Å². The first kappa shape index (κ1) is 17.8. The lowest BCUT2D eigenvalue weighted by Gasteiger charge is -2.31. The molecule has 9 heteroatoms. The van der Waals surface area contributed by atoms with E-state index in [0.29, 0.717) is 32.7 Å². The molecule has 1 aromatic carbocycles. The Morgan fingerprint density at radius 3 is 2.40 bits per heavy atom. The fourth-order valence-corrected chi connectivity index (χ4v) is 4.60. The van der Waals surface area contributed by atoms with Crippen LogP contribution in [0.2, 0.25) is 0 Å². The molecular weight excluding hydrogens is 346 g/mol. The zero-order valence-electron chi connectivity index (χ0n) is 13.9. The van der Waals surface area contributed by atoms with E-state index in [1.54, 1.807) is 12.1 Å². The second kappa shape index (κ2) is 7.51. The van der Waals surface area contributed by atoms with Crippen LogP contribution < -0.4 is 4.90 Å². The minimum Gasteiger partial charge on any atom is -0.447 e. The normalized spacial score (nSPS) is 19.8. The van der Waals surface area contributed by atoms with E-state index in [1.807, 2.05) is 18.2 Å². The molecule has 0 aromatic heterocycles. The number of ether oxygens (including phenoxy) is 1. The van der Waals surface area contributed by atoms with Crippen LogP contribution in [0.25, 0.3) is 0 Å². The molecule has 0 radical (unpaired) electrons. The number of piperazine rings is 1. The van der Waals surface area contributed by atoms with Crippen molar-refractivity contribution in [3.63, 3.8) is 0 Å². The minimum atomic E-state index is -3.36. The van der Waals surface area contributed by atoms with Crippen LogP contribution in [-0.4, -0.2) is 75.5 Å². The molecule has 0 saturated carbocycles. The molecule has 136 valence electrons. The number of amides is 2. The second-order valence-electron chi connectivity index (χ2n) is 6.23. The van der Waals surface area contributed by atoms with E-state index in [1.165, 1.54) is 4.31 Å². The number of quaternary nitrogens is 1. The molecule has 2 heterocycles. The summed E-state index contributed by atoms with van der Waals surface area (Å²) in [5, 5.41) is 0. The number of hydrogen-bond acceptors (Lipinski definition) is 5. The molecule has 2 fully saturated rings. The molecule has 2 aliphatic rings. The molecule has 8 nitrogen and oxygen atoms in total. The Kier molecular flexibility index (Phi) is 5.36. The molecule has 2 aliphatic heterocycles. The van der Waals surface area contributed by atoms with Gasteiger partial charge in [0.2, 0.25) is 10.0 Å². The van der Waals surface area contributed by atoms with Gasteiger partial charge in [-0.2, -0.15) is 4.31 Å². The number of hydrogen-bond donors (Lipinski definition) is 1. The van der Waals surface area contributed by atoms with Crippen molar-refractivity contribution < 1.29 is 27.6 Å². The van der Waals surface area contributed by atoms with Gasteiger partial charge in [0, 0.05) is 0 Å². The maximum Gasteiger partial charge on any atom is 0.416 e.